The molecule has 0 saturated heterocycles. The molecule has 1 atom stereocenters. The molecule has 2 aliphatic carbocycles. The monoisotopic (exact) mass is 301 g/mol. The Hall–Kier alpha value is -1.81. The number of hydrogen-bond acceptors (Lipinski definition) is 2. The number of fused-ring (bicyclic) bond motifs is 1. The first kappa shape index (κ1) is 15.1. The van der Waals surface area contributed by atoms with Gasteiger partial charge in [-0.1, -0.05) is 30.3 Å². The van der Waals surface area contributed by atoms with E-state index in [1.807, 2.05) is 18.2 Å². The summed E-state index contributed by atoms with van der Waals surface area (Å²) >= 11 is 0. The van der Waals surface area contributed by atoms with Crippen LogP contribution in [0.15, 0.2) is 36.9 Å². The van der Waals surface area contributed by atoms with Gasteiger partial charge >= 0.3 is 6.09 Å². The maximum Gasteiger partial charge on any atom is 0.407 e. The molecule has 4 heteroatoms. The van der Waals surface area contributed by atoms with E-state index in [0.717, 1.165) is 37.7 Å². The zero-order valence-corrected chi connectivity index (χ0v) is 12.7. The molecule has 4 nitrogen and oxygen atoms in total. The predicted octanol–water partition coefficient (Wildman–Crippen LogP) is 3.37. The van der Waals surface area contributed by atoms with Crippen molar-refractivity contribution in [1.82, 2.24) is 4.90 Å². The predicted molar refractivity (Wildman–Crippen MR) is 84.7 cm³/mol. The summed E-state index contributed by atoms with van der Waals surface area (Å²) in [5.41, 5.74) is 2.20. The van der Waals surface area contributed by atoms with Crippen LogP contribution in [0.3, 0.4) is 0 Å². The standard InChI is InChI=1S/C18H23NO3/c1-2-11-19(17(21)22)14-7-9-18(10-8-14)12-13-5-3-4-6-15(13)16(18)20/h2-6,14,16,20H,1,7-12H2,(H,21,22). The fourth-order valence-corrected chi connectivity index (χ4v) is 4.23. The first-order chi connectivity index (χ1) is 10.6. The maximum atomic E-state index is 11.4. The molecule has 1 aromatic rings. The van der Waals surface area contributed by atoms with E-state index in [1.54, 1.807) is 6.08 Å². The molecule has 2 aliphatic rings. The number of hydrogen-bond donors (Lipinski definition) is 2. The van der Waals surface area contributed by atoms with Crippen LogP contribution < -0.4 is 0 Å². The number of rotatable bonds is 3. The number of amides is 1. The van der Waals surface area contributed by atoms with Gasteiger partial charge in [0.1, 0.15) is 0 Å². The van der Waals surface area contributed by atoms with Crippen molar-refractivity contribution in [2.24, 2.45) is 5.41 Å². The normalized spacial score (nSPS) is 30.0. The molecule has 0 bridgehead atoms. The van der Waals surface area contributed by atoms with Crippen molar-refractivity contribution in [2.45, 2.75) is 44.2 Å². The molecule has 1 aromatic carbocycles. The van der Waals surface area contributed by atoms with Gasteiger partial charge in [0.05, 0.1) is 6.10 Å². The van der Waals surface area contributed by atoms with E-state index in [1.165, 1.54) is 10.5 Å². The molecule has 0 heterocycles. The molecular formula is C18H23NO3. The topological polar surface area (TPSA) is 60.8 Å². The van der Waals surface area contributed by atoms with Crippen molar-refractivity contribution in [3.05, 3.63) is 48.0 Å². The van der Waals surface area contributed by atoms with Crippen LogP contribution in [0.1, 0.15) is 42.9 Å². The van der Waals surface area contributed by atoms with E-state index >= 15 is 0 Å². The summed E-state index contributed by atoms with van der Waals surface area (Å²) in [7, 11) is 0. The molecule has 3 rings (SSSR count). The van der Waals surface area contributed by atoms with Crippen LogP contribution in [-0.4, -0.2) is 33.8 Å². The second-order valence-corrected chi connectivity index (χ2v) is 6.60. The van der Waals surface area contributed by atoms with E-state index in [9.17, 15) is 15.0 Å². The Bertz CT molecular complexity index is 575. The van der Waals surface area contributed by atoms with Crippen LogP contribution in [-0.2, 0) is 6.42 Å². The number of benzene rings is 1. The summed E-state index contributed by atoms with van der Waals surface area (Å²) in [4.78, 5) is 12.9. The lowest BCUT2D eigenvalue weighted by Gasteiger charge is -2.42. The number of aliphatic hydroxyl groups excluding tert-OH is 1. The summed E-state index contributed by atoms with van der Waals surface area (Å²) in [6.45, 7) is 4.01. The van der Waals surface area contributed by atoms with Crippen LogP contribution in [0.2, 0.25) is 0 Å². The van der Waals surface area contributed by atoms with Crippen LogP contribution >= 0.6 is 0 Å². The Morgan fingerprint density at radius 1 is 1.36 bits per heavy atom. The molecule has 0 aromatic heterocycles. The van der Waals surface area contributed by atoms with Crippen molar-refractivity contribution < 1.29 is 15.0 Å². The molecule has 22 heavy (non-hydrogen) atoms. The molecule has 1 amide bonds. The third kappa shape index (κ3) is 2.41. The Balaban J connectivity index is 1.72. The molecule has 0 radical (unpaired) electrons. The first-order valence-electron chi connectivity index (χ1n) is 7.94. The van der Waals surface area contributed by atoms with Crippen molar-refractivity contribution in [3.8, 4) is 0 Å². The van der Waals surface area contributed by atoms with Crippen LogP contribution in [0.4, 0.5) is 4.79 Å². The van der Waals surface area contributed by atoms with Crippen LogP contribution in [0.5, 0.6) is 0 Å². The van der Waals surface area contributed by atoms with Crippen LogP contribution in [0, 0.1) is 5.41 Å². The van der Waals surface area contributed by atoms with E-state index in [2.05, 4.69) is 12.6 Å². The Morgan fingerprint density at radius 3 is 2.64 bits per heavy atom. The molecular weight excluding hydrogens is 278 g/mol. The number of nitrogens with zero attached hydrogens (tertiary/aromatic N) is 1. The molecule has 1 unspecified atom stereocenters. The van der Waals surface area contributed by atoms with Gasteiger partial charge in [0, 0.05) is 18.0 Å². The van der Waals surface area contributed by atoms with Crippen LogP contribution in [0.25, 0.3) is 0 Å². The minimum atomic E-state index is -0.879. The quantitative estimate of drug-likeness (QED) is 0.841. The highest BCUT2D eigenvalue weighted by Gasteiger charge is 2.47. The molecule has 118 valence electrons. The zero-order valence-electron chi connectivity index (χ0n) is 12.7. The molecule has 1 saturated carbocycles. The van der Waals surface area contributed by atoms with Gasteiger partial charge in [-0.15, -0.1) is 6.58 Å². The van der Waals surface area contributed by atoms with Gasteiger partial charge in [0.25, 0.3) is 0 Å². The highest BCUT2D eigenvalue weighted by atomic mass is 16.4. The minimum absolute atomic E-state index is 0.0389. The maximum absolute atomic E-state index is 11.4. The SMILES string of the molecule is C=CCN(C(=O)O)C1CCC2(CC1)Cc1ccccc1C2O. The van der Waals surface area contributed by atoms with Gasteiger partial charge in [0.15, 0.2) is 0 Å². The fourth-order valence-electron chi connectivity index (χ4n) is 4.23. The average molecular weight is 301 g/mol. The van der Waals surface area contributed by atoms with Gasteiger partial charge < -0.3 is 15.1 Å². The lowest BCUT2D eigenvalue weighted by molar-refractivity contribution is -0.00850. The first-order valence-corrected chi connectivity index (χ1v) is 7.94. The third-order valence-corrected chi connectivity index (χ3v) is 5.44. The van der Waals surface area contributed by atoms with Gasteiger partial charge in [-0.25, -0.2) is 4.79 Å². The number of carboxylic acid groups (broad SMARTS) is 1. The largest absolute Gasteiger partial charge is 0.465 e. The summed E-state index contributed by atoms with van der Waals surface area (Å²) in [6.07, 6.45) is 4.61. The van der Waals surface area contributed by atoms with E-state index in [4.69, 9.17) is 0 Å². The summed E-state index contributed by atoms with van der Waals surface area (Å²) in [5, 5.41) is 20.1. The van der Waals surface area contributed by atoms with Crippen molar-refractivity contribution in [2.75, 3.05) is 6.54 Å². The fraction of sp³-hybridized carbons (Fsp3) is 0.500. The molecule has 1 fully saturated rings. The third-order valence-electron chi connectivity index (χ3n) is 5.44. The van der Waals surface area contributed by atoms with E-state index in [0.29, 0.717) is 6.54 Å². The van der Waals surface area contributed by atoms with E-state index in [-0.39, 0.29) is 11.5 Å². The smallest absolute Gasteiger partial charge is 0.407 e. The van der Waals surface area contributed by atoms with Gasteiger partial charge in [-0.05, 0) is 43.2 Å². The number of aliphatic hydroxyl groups is 1. The van der Waals surface area contributed by atoms with Gasteiger partial charge in [-0.2, -0.15) is 0 Å². The Morgan fingerprint density at radius 2 is 2.05 bits per heavy atom. The molecule has 0 aliphatic heterocycles. The second kappa shape index (κ2) is 5.76. The van der Waals surface area contributed by atoms with Crippen molar-refractivity contribution >= 4 is 6.09 Å². The Kier molecular flexibility index (Phi) is 3.96. The lowest BCUT2D eigenvalue weighted by atomic mass is 9.69. The summed E-state index contributed by atoms with van der Waals surface area (Å²) in [6, 6.07) is 8.15. The lowest BCUT2D eigenvalue weighted by Crippen LogP contribution is -2.44. The summed E-state index contributed by atoms with van der Waals surface area (Å²) in [5.74, 6) is 0. The average Bonchev–Trinajstić information content (AvgIpc) is 2.79. The van der Waals surface area contributed by atoms with E-state index < -0.39 is 12.2 Å². The molecule has 1 spiro atoms. The van der Waals surface area contributed by atoms with Gasteiger partial charge in [-0.3, -0.25) is 0 Å². The Labute approximate surface area is 131 Å². The highest BCUT2D eigenvalue weighted by Crippen LogP contribution is 2.54. The van der Waals surface area contributed by atoms with Crippen molar-refractivity contribution in [3.63, 3.8) is 0 Å². The van der Waals surface area contributed by atoms with Crippen molar-refractivity contribution in [1.29, 1.82) is 0 Å². The minimum Gasteiger partial charge on any atom is -0.465 e. The van der Waals surface area contributed by atoms with Gasteiger partial charge in [0.2, 0.25) is 0 Å². The highest BCUT2D eigenvalue weighted by molar-refractivity contribution is 5.65. The number of carbonyl (C=O) groups is 1. The zero-order chi connectivity index (χ0) is 15.7. The molecule has 2 N–H and O–H groups in total. The summed E-state index contributed by atoms with van der Waals surface area (Å²) < 4.78 is 0. The second-order valence-electron chi connectivity index (χ2n) is 6.60.